The fourth-order valence-electron chi connectivity index (χ4n) is 2.03. The Labute approximate surface area is 129 Å². The lowest BCUT2D eigenvalue weighted by Gasteiger charge is -2.16. The number of hydrogen-bond donors (Lipinski definition) is 0. The minimum Gasteiger partial charge on any atom is -0.298 e. The monoisotopic (exact) mass is 323 g/mol. The minimum absolute atomic E-state index is 0.348. The van der Waals surface area contributed by atoms with Crippen LogP contribution in [0.15, 0.2) is 40.6 Å². The molecule has 0 saturated carbocycles. The van der Waals surface area contributed by atoms with Crippen molar-refractivity contribution in [2.75, 3.05) is 13.1 Å². The summed E-state index contributed by atoms with van der Waals surface area (Å²) in [6, 6.07) is 10.5. The van der Waals surface area contributed by atoms with Crippen molar-refractivity contribution in [2.24, 2.45) is 0 Å². The largest absolute Gasteiger partial charge is 0.298 e. The van der Waals surface area contributed by atoms with E-state index >= 15 is 0 Å². The Morgan fingerprint density at radius 2 is 1.67 bits per heavy atom. The van der Waals surface area contributed by atoms with E-state index in [-0.39, 0.29) is 0 Å². The summed E-state index contributed by atoms with van der Waals surface area (Å²) in [5, 5.41) is 0. The maximum Gasteiger partial charge on any atom is 0.252 e. The highest BCUT2D eigenvalue weighted by Crippen LogP contribution is 2.32. The molecule has 4 nitrogen and oxygen atoms in total. The second-order valence-corrected chi connectivity index (χ2v) is 7.70. The number of rotatable bonds is 6. The van der Waals surface area contributed by atoms with E-state index in [9.17, 15) is 13.2 Å². The molecule has 0 spiro atoms. The van der Waals surface area contributed by atoms with Crippen LogP contribution in [0.2, 0.25) is 0 Å². The predicted octanol–water partition coefficient (Wildman–Crippen LogP) is 3.26. The van der Waals surface area contributed by atoms with Gasteiger partial charge in [-0.05, 0) is 17.7 Å². The van der Waals surface area contributed by atoms with Crippen molar-refractivity contribution in [1.82, 2.24) is 4.31 Å². The quantitative estimate of drug-likeness (QED) is 0.767. The fraction of sp³-hybridized carbons (Fsp3) is 0.267. The van der Waals surface area contributed by atoms with Crippen LogP contribution in [-0.2, 0) is 10.0 Å². The van der Waals surface area contributed by atoms with Crippen molar-refractivity contribution in [3.63, 3.8) is 0 Å². The van der Waals surface area contributed by atoms with Crippen LogP contribution >= 0.6 is 11.3 Å². The zero-order chi connectivity index (χ0) is 15.5. The average Bonchev–Trinajstić information content (AvgIpc) is 2.99. The van der Waals surface area contributed by atoms with E-state index in [1.54, 1.807) is 24.3 Å². The van der Waals surface area contributed by atoms with Gasteiger partial charge in [-0.1, -0.05) is 38.1 Å². The summed E-state index contributed by atoms with van der Waals surface area (Å²) in [5.74, 6) is 0. The van der Waals surface area contributed by atoms with Crippen LogP contribution in [0.5, 0.6) is 0 Å². The summed E-state index contributed by atoms with van der Waals surface area (Å²) in [4.78, 5) is 11.5. The molecule has 21 heavy (non-hydrogen) atoms. The molecule has 1 heterocycles. The maximum absolute atomic E-state index is 12.4. The third-order valence-corrected chi connectivity index (χ3v) is 6.86. The topological polar surface area (TPSA) is 54.5 Å². The third-order valence-electron chi connectivity index (χ3n) is 3.21. The molecule has 0 aliphatic rings. The third kappa shape index (κ3) is 3.23. The molecule has 2 aromatic rings. The summed E-state index contributed by atoms with van der Waals surface area (Å²) in [7, 11) is -3.41. The van der Waals surface area contributed by atoms with Gasteiger partial charge in [-0.3, -0.25) is 4.79 Å². The van der Waals surface area contributed by atoms with Crippen molar-refractivity contribution in [3.05, 3.63) is 42.0 Å². The Hall–Kier alpha value is -1.50. The van der Waals surface area contributed by atoms with Gasteiger partial charge in [-0.2, -0.15) is 4.31 Å². The number of sulfonamides is 1. The van der Waals surface area contributed by atoms with E-state index in [0.29, 0.717) is 22.9 Å². The van der Waals surface area contributed by atoms with Crippen LogP contribution in [0.4, 0.5) is 0 Å². The maximum atomic E-state index is 12.4. The van der Waals surface area contributed by atoms with Gasteiger partial charge < -0.3 is 0 Å². The lowest BCUT2D eigenvalue weighted by molar-refractivity contribution is 0.112. The normalized spacial score (nSPS) is 11.8. The summed E-state index contributed by atoms with van der Waals surface area (Å²) < 4.78 is 26.6. The van der Waals surface area contributed by atoms with E-state index in [1.807, 2.05) is 26.0 Å². The molecule has 0 bridgehead atoms. The molecule has 0 saturated heterocycles. The van der Waals surface area contributed by atoms with Crippen LogP contribution in [0.1, 0.15) is 24.2 Å². The van der Waals surface area contributed by atoms with Crippen LogP contribution in [0, 0.1) is 0 Å². The highest BCUT2D eigenvalue weighted by atomic mass is 32.2. The van der Waals surface area contributed by atoms with Crippen molar-refractivity contribution < 1.29 is 13.2 Å². The zero-order valence-corrected chi connectivity index (χ0v) is 13.6. The minimum atomic E-state index is -3.41. The smallest absolute Gasteiger partial charge is 0.252 e. The summed E-state index contributed by atoms with van der Waals surface area (Å²) in [6.45, 7) is 4.57. The first-order valence-corrected chi connectivity index (χ1v) is 8.94. The second-order valence-electron chi connectivity index (χ2n) is 4.45. The van der Waals surface area contributed by atoms with E-state index < -0.39 is 10.0 Å². The number of benzene rings is 1. The van der Waals surface area contributed by atoms with Gasteiger partial charge in [0.1, 0.15) is 10.5 Å². The number of carbonyl (C=O) groups excluding carboxylic acids is 1. The van der Waals surface area contributed by atoms with E-state index in [0.717, 1.165) is 16.7 Å². The number of aldehydes is 1. The van der Waals surface area contributed by atoms with E-state index in [4.69, 9.17) is 0 Å². The molecule has 2 rings (SSSR count). The second kappa shape index (κ2) is 6.51. The molecule has 0 N–H and O–H groups in total. The Bertz CT molecular complexity index is 714. The van der Waals surface area contributed by atoms with Crippen molar-refractivity contribution in [1.29, 1.82) is 0 Å². The van der Waals surface area contributed by atoms with Gasteiger partial charge in [0, 0.05) is 23.5 Å². The van der Waals surface area contributed by atoms with Crippen LogP contribution in [-0.4, -0.2) is 32.1 Å². The fourth-order valence-corrected chi connectivity index (χ4v) is 4.95. The van der Waals surface area contributed by atoms with Gasteiger partial charge in [-0.25, -0.2) is 8.42 Å². The first-order chi connectivity index (χ1) is 10.0. The first-order valence-electron chi connectivity index (χ1n) is 6.68. The van der Waals surface area contributed by atoms with Gasteiger partial charge >= 0.3 is 0 Å². The standard InChI is InChI=1S/C15H17NO3S2/c1-3-16(4-2)21(18,19)15-10-9-14(20-15)13-7-5-12(11-17)6-8-13/h5-11H,3-4H2,1-2H3. The number of hydrogen-bond acceptors (Lipinski definition) is 4. The summed E-state index contributed by atoms with van der Waals surface area (Å²) in [5.41, 5.74) is 1.51. The molecule has 0 unspecified atom stereocenters. The Balaban J connectivity index is 2.35. The molecule has 1 aromatic carbocycles. The Kier molecular flexibility index (Phi) is 4.92. The van der Waals surface area contributed by atoms with E-state index in [1.165, 1.54) is 15.6 Å². The average molecular weight is 323 g/mol. The SMILES string of the molecule is CCN(CC)S(=O)(=O)c1ccc(-c2ccc(C=O)cc2)s1. The van der Waals surface area contributed by atoms with Gasteiger partial charge in [0.15, 0.2) is 0 Å². The Morgan fingerprint density at radius 3 is 2.19 bits per heavy atom. The molecular formula is C15H17NO3S2. The zero-order valence-electron chi connectivity index (χ0n) is 11.9. The number of carbonyl (C=O) groups is 1. The number of nitrogens with zero attached hydrogens (tertiary/aromatic N) is 1. The lowest BCUT2D eigenvalue weighted by Crippen LogP contribution is -2.29. The molecule has 1 aromatic heterocycles. The molecule has 0 aliphatic heterocycles. The highest BCUT2D eigenvalue weighted by Gasteiger charge is 2.23. The van der Waals surface area contributed by atoms with Crippen molar-refractivity contribution in [2.45, 2.75) is 18.1 Å². The summed E-state index contributed by atoms with van der Waals surface area (Å²) >= 11 is 1.25. The van der Waals surface area contributed by atoms with Gasteiger partial charge in [0.05, 0.1) is 0 Å². The predicted molar refractivity (Wildman–Crippen MR) is 85.2 cm³/mol. The molecule has 0 aliphatic carbocycles. The van der Waals surface area contributed by atoms with Crippen LogP contribution < -0.4 is 0 Å². The molecule has 0 amide bonds. The van der Waals surface area contributed by atoms with Gasteiger partial charge in [0.25, 0.3) is 10.0 Å². The number of thiophene rings is 1. The molecule has 0 fully saturated rings. The molecule has 0 atom stereocenters. The van der Waals surface area contributed by atoms with Crippen LogP contribution in [0.3, 0.4) is 0 Å². The summed E-state index contributed by atoms with van der Waals surface area (Å²) in [6.07, 6.45) is 0.786. The van der Waals surface area contributed by atoms with Gasteiger partial charge in [0.2, 0.25) is 0 Å². The van der Waals surface area contributed by atoms with Crippen LogP contribution in [0.25, 0.3) is 10.4 Å². The molecule has 0 radical (unpaired) electrons. The molecule has 6 heteroatoms. The lowest BCUT2D eigenvalue weighted by atomic mass is 10.1. The highest BCUT2D eigenvalue weighted by molar-refractivity contribution is 7.91. The van der Waals surface area contributed by atoms with Gasteiger partial charge in [-0.15, -0.1) is 11.3 Å². The first kappa shape index (κ1) is 15.9. The molecule has 112 valence electrons. The molecular weight excluding hydrogens is 306 g/mol. The Morgan fingerprint density at radius 1 is 1.05 bits per heavy atom. The van der Waals surface area contributed by atoms with Crippen molar-refractivity contribution in [3.8, 4) is 10.4 Å². The van der Waals surface area contributed by atoms with Crippen molar-refractivity contribution >= 4 is 27.6 Å². The van der Waals surface area contributed by atoms with E-state index in [2.05, 4.69) is 0 Å².